The van der Waals surface area contributed by atoms with Crippen LogP contribution in [0.3, 0.4) is 0 Å². The lowest BCUT2D eigenvalue weighted by atomic mass is 10.4. The van der Waals surface area contributed by atoms with Crippen molar-refractivity contribution in [3.8, 4) is 0 Å². The highest BCUT2D eigenvalue weighted by atomic mass is 32.1. The molecule has 1 rings (SSSR count). The lowest BCUT2D eigenvalue weighted by molar-refractivity contribution is 0.563. The van der Waals surface area contributed by atoms with Crippen LogP contribution in [0, 0.1) is 0 Å². The normalized spacial score (nSPS) is 34.3. The molecule has 0 aromatic carbocycles. The second kappa shape index (κ2) is 2.29. The number of hydrogen-bond donors (Lipinski definition) is 2. The average molecular weight is 135 g/mol. The first-order valence-corrected chi connectivity index (χ1v) is 3.36. The van der Waals surface area contributed by atoms with E-state index in [0.29, 0.717) is 5.37 Å². The highest BCUT2D eigenvalue weighted by Crippen LogP contribution is 2.20. The summed E-state index contributed by atoms with van der Waals surface area (Å²) in [6.45, 7) is 1.09. The molecule has 0 saturated carbocycles. The number of hydrogen-bond acceptors (Lipinski definition) is 3. The second-order valence-electron chi connectivity index (χ2n) is 1.79. The van der Waals surface area contributed by atoms with Crippen molar-refractivity contribution in [2.75, 3.05) is 6.54 Å². The summed E-state index contributed by atoms with van der Waals surface area (Å²) in [5.74, 6) is 0. The van der Waals surface area contributed by atoms with Crippen LogP contribution in [0.15, 0.2) is 0 Å². The SMILES string of the molecule is SC1CCCN1S. The lowest BCUT2D eigenvalue weighted by Crippen LogP contribution is -2.12. The van der Waals surface area contributed by atoms with Crippen LogP contribution in [0.1, 0.15) is 12.8 Å². The predicted molar refractivity (Wildman–Crippen MR) is 37.7 cm³/mol. The van der Waals surface area contributed by atoms with Gasteiger partial charge in [0.15, 0.2) is 0 Å². The summed E-state index contributed by atoms with van der Waals surface area (Å²) in [5.41, 5.74) is 0. The summed E-state index contributed by atoms with van der Waals surface area (Å²) in [6.07, 6.45) is 2.43. The van der Waals surface area contributed by atoms with Gasteiger partial charge in [-0.3, -0.25) is 0 Å². The van der Waals surface area contributed by atoms with Crippen LogP contribution in [0.2, 0.25) is 0 Å². The van der Waals surface area contributed by atoms with Crippen LogP contribution in [-0.4, -0.2) is 16.2 Å². The van der Waals surface area contributed by atoms with Gasteiger partial charge in [0, 0.05) is 6.54 Å². The molecule has 0 aromatic rings. The Morgan fingerprint density at radius 3 is 2.43 bits per heavy atom. The van der Waals surface area contributed by atoms with Crippen molar-refractivity contribution in [3.63, 3.8) is 0 Å². The average Bonchev–Trinajstić information content (AvgIpc) is 1.91. The van der Waals surface area contributed by atoms with E-state index in [-0.39, 0.29) is 0 Å². The first kappa shape index (κ1) is 5.79. The molecule has 0 radical (unpaired) electrons. The summed E-state index contributed by atoms with van der Waals surface area (Å²) < 4.78 is 1.96. The molecule has 0 bridgehead atoms. The minimum atomic E-state index is 0.406. The molecule has 1 fully saturated rings. The van der Waals surface area contributed by atoms with E-state index < -0.39 is 0 Å². The van der Waals surface area contributed by atoms with Crippen molar-refractivity contribution in [3.05, 3.63) is 0 Å². The predicted octanol–water partition coefficient (Wildman–Crippen LogP) is 1.18. The van der Waals surface area contributed by atoms with Crippen LogP contribution < -0.4 is 0 Å². The number of nitrogens with zero attached hydrogens (tertiary/aromatic N) is 1. The van der Waals surface area contributed by atoms with Gasteiger partial charge >= 0.3 is 0 Å². The third-order valence-corrected chi connectivity index (χ3v) is 2.39. The first-order chi connectivity index (χ1) is 3.30. The van der Waals surface area contributed by atoms with Crippen LogP contribution in [0.4, 0.5) is 0 Å². The van der Waals surface area contributed by atoms with Crippen LogP contribution >= 0.6 is 25.4 Å². The summed E-state index contributed by atoms with van der Waals surface area (Å²) in [7, 11) is 0. The molecule has 0 amide bonds. The van der Waals surface area contributed by atoms with E-state index in [9.17, 15) is 0 Å². The molecule has 0 N–H and O–H groups in total. The quantitative estimate of drug-likeness (QED) is 0.472. The molecule has 7 heavy (non-hydrogen) atoms. The van der Waals surface area contributed by atoms with Crippen molar-refractivity contribution < 1.29 is 0 Å². The fourth-order valence-corrected chi connectivity index (χ4v) is 1.29. The zero-order chi connectivity index (χ0) is 5.28. The summed E-state index contributed by atoms with van der Waals surface area (Å²) in [4.78, 5) is 0. The monoisotopic (exact) mass is 135 g/mol. The summed E-state index contributed by atoms with van der Waals surface area (Å²) >= 11 is 8.38. The molecular formula is C4H9NS2. The minimum absolute atomic E-state index is 0.406. The van der Waals surface area contributed by atoms with Gasteiger partial charge in [-0.1, -0.05) is 12.8 Å². The van der Waals surface area contributed by atoms with Crippen LogP contribution in [0.25, 0.3) is 0 Å². The van der Waals surface area contributed by atoms with Crippen LogP contribution in [-0.2, 0) is 0 Å². The molecule has 1 unspecified atom stereocenters. The maximum atomic E-state index is 4.24. The zero-order valence-corrected chi connectivity index (χ0v) is 5.83. The molecule has 1 saturated heterocycles. The number of thiol groups is 2. The smallest absolute Gasteiger partial charge is 0.0624 e. The third kappa shape index (κ3) is 1.27. The van der Waals surface area contributed by atoms with E-state index in [4.69, 9.17) is 0 Å². The molecule has 1 aliphatic rings. The Kier molecular flexibility index (Phi) is 1.89. The molecule has 42 valence electrons. The van der Waals surface area contributed by atoms with Gasteiger partial charge < -0.3 is 0 Å². The van der Waals surface area contributed by atoms with E-state index in [0.717, 1.165) is 6.54 Å². The molecule has 0 spiro atoms. The van der Waals surface area contributed by atoms with Gasteiger partial charge in [0.2, 0.25) is 0 Å². The molecule has 1 nitrogen and oxygen atoms in total. The Hall–Kier alpha value is 0.660. The van der Waals surface area contributed by atoms with Crippen molar-refractivity contribution in [1.82, 2.24) is 4.31 Å². The Balaban J connectivity index is 2.33. The van der Waals surface area contributed by atoms with E-state index in [2.05, 4.69) is 25.4 Å². The zero-order valence-electron chi connectivity index (χ0n) is 4.04. The standard InChI is InChI=1S/C4H9NS2/c6-4-2-1-3-5(4)7/h4,6-7H,1-3H2. The molecular weight excluding hydrogens is 126 g/mol. The van der Waals surface area contributed by atoms with Gasteiger partial charge in [0.05, 0.1) is 5.37 Å². The molecule has 3 heteroatoms. The minimum Gasteiger partial charge on any atom is -0.240 e. The fourth-order valence-electron chi connectivity index (χ4n) is 0.734. The van der Waals surface area contributed by atoms with E-state index >= 15 is 0 Å². The number of rotatable bonds is 0. The van der Waals surface area contributed by atoms with Gasteiger partial charge in [0.25, 0.3) is 0 Å². The van der Waals surface area contributed by atoms with Gasteiger partial charge in [-0.15, -0.1) is 0 Å². The molecule has 1 atom stereocenters. The topological polar surface area (TPSA) is 3.24 Å². The Bertz CT molecular complexity index is 58.7. The maximum Gasteiger partial charge on any atom is 0.0624 e. The van der Waals surface area contributed by atoms with Gasteiger partial charge in [-0.25, -0.2) is 4.31 Å². The summed E-state index contributed by atoms with van der Waals surface area (Å²) in [6, 6.07) is 0. The lowest BCUT2D eigenvalue weighted by Gasteiger charge is -2.09. The van der Waals surface area contributed by atoms with Crippen molar-refractivity contribution in [1.29, 1.82) is 0 Å². The van der Waals surface area contributed by atoms with Gasteiger partial charge in [-0.05, 0) is 12.8 Å². The van der Waals surface area contributed by atoms with Crippen molar-refractivity contribution in [2.24, 2.45) is 0 Å². The first-order valence-electron chi connectivity index (χ1n) is 2.44. The van der Waals surface area contributed by atoms with E-state index in [1.165, 1.54) is 12.8 Å². The van der Waals surface area contributed by atoms with Gasteiger partial charge in [-0.2, -0.15) is 12.6 Å². The fraction of sp³-hybridized carbons (Fsp3) is 1.00. The Labute approximate surface area is 55.0 Å². The van der Waals surface area contributed by atoms with E-state index in [1.807, 2.05) is 4.31 Å². The highest BCUT2D eigenvalue weighted by Gasteiger charge is 2.16. The van der Waals surface area contributed by atoms with Crippen LogP contribution in [0.5, 0.6) is 0 Å². The molecule has 1 heterocycles. The molecule has 1 aliphatic heterocycles. The van der Waals surface area contributed by atoms with Crippen molar-refractivity contribution in [2.45, 2.75) is 18.2 Å². The van der Waals surface area contributed by atoms with Crippen molar-refractivity contribution >= 4 is 25.4 Å². The third-order valence-electron chi connectivity index (χ3n) is 1.19. The highest BCUT2D eigenvalue weighted by molar-refractivity contribution is 7.83. The Morgan fingerprint density at radius 1 is 1.57 bits per heavy atom. The molecule has 0 aliphatic carbocycles. The largest absolute Gasteiger partial charge is 0.240 e. The maximum absolute atomic E-state index is 4.24. The van der Waals surface area contributed by atoms with Gasteiger partial charge in [0.1, 0.15) is 0 Å². The second-order valence-corrected chi connectivity index (χ2v) is 2.90. The van der Waals surface area contributed by atoms with E-state index in [1.54, 1.807) is 0 Å². The summed E-state index contributed by atoms with van der Waals surface area (Å²) in [5, 5.41) is 0.406. The Morgan fingerprint density at radius 2 is 2.29 bits per heavy atom. The molecule has 0 aromatic heterocycles.